The number of β-amino-alcohol motifs (C(OH)–C–C–N with tert-alkyl or cyclic N) is 2. The summed E-state index contributed by atoms with van der Waals surface area (Å²) in [5.74, 6) is 0.873. The number of aliphatic hydroxyl groups excluding tert-OH is 2. The number of ether oxygens (including phenoxy) is 2. The molecule has 1 fully saturated rings. The molecular weight excluding hydrogens is 274 g/mol. The molecule has 2 N–H and O–H groups in total. The molecule has 1 amide bonds. The largest absolute Gasteiger partial charge is 0.490 e. The Kier molecular flexibility index (Phi) is 5.03. The fourth-order valence-electron chi connectivity index (χ4n) is 2.30. The zero-order valence-corrected chi connectivity index (χ0v) is 12.3. The number of aliphatic hydroxyl groups is 2. The van der Waals surface area contributed by atoms with E-state index in [4.69, 9.17) is 9.47 Å². The molecule has 6 heteroatoms. The van der Waals surface area contributed by atoms with Crippen LogP contribution in [0.3, 0.4) is 0 Å². The van der Waals surface area contributed by atoms with E-state index in [-0.39, 0.29) is 19.0 Å². The van der Waals surface area contributed by atoms with Crippen molar-refractivity contribution in [1.29, 1.82) is 0 Å². The summed E-state index contributed by atoms with van der Waals surface area (Å²) in [4.78, 5) is 13.8. The molecule has 116 valence electrons. The van der Waals surface area contributed by atoms with Crippen molar-refractivity contribution in [3.63, 3.8) is 0 Å². The monoisotopic (exact) mass is 295 g/mol. The van der Waals surface area contributed by atoms with Gasteiger partial charge in [-0.25, -0.2) is 0 Å². The van der Waals surface area contributed by atoms with Gasteiger partial charge in [0.25, 0.3) is 5.91 Å². The van der Waals surface area contributed by atoms with Crippen molar-refractivity contribution in [3.8, 4) is 11.5 Å². The summed E-state index contributed by atoms with van der Waals surface area (Å²) in [7, 11) is 0. The van der Waals surface area contributed by atoms with Gasteiger partial charge in [0.2, 0.25) is 0 Å². The van der Waals surface area contributed by atoms with E-state index < -0.39 is 12.2 Å². The van der Waals surface area contributed by atoms with Gasteiger partial charge in [-0.05, 0) is 32.0 Å². The number of hydrogen-bond donors (Lipinski definition) is 2. The molecule has 0 bridgehead atoms. The first-order valence-corrected chi connectivity index (χ1v) is 7.11. The topological polar surface area (TPSA) is 79.2 Å². The molecule has 0 radical (unpaired) electrons. The minimum Gasteiger partial charge on any atom is -0.490 e. The predicted molar refractivity (Wildman–Crippen MR) is 76.7 cm³/mol. The van der Waals surface area contributed by atoms with Gasteiger partial charge in [-0.3, -0.25) is 4.79 Å². The fraction of sp³-hybridized carbons (Fsp3) is 0.533. The summed E-state index contributed by atoms with van der Waals surface area (Å²) in [5.41, 5.74) is 0.447. The number of amides is 1. The van der Waals surface area contributed by atoms with Crippen molar-refractivity contribution in [2.45, 2.75) is 26.1 Å². The Morgan fingerprint density at radius 2 is 1.71 bits per heavy atom. The van der Waals surface area contributed by atoms with Crippen LogP contribution in [0.2, 0.25) is 0 Å². The first-order chi connectivity index (χ1) is 10.1. The highest BCUT2D eigenvalue weighted by Crippen LogP contribution is 2.29. The lowest BCUT2D eigenvalue weighted by Crippen LogP contribution is -2.29. The van der Waals surface area contributed by atoms with E-state index in [0.29, 0.717) is 30.3 Å². The number of carbonyl (C=O) groups excluding carboxylic acids is 1. The van der Waals surface area contributed by atoms with Crippen molar-refractivity contribution in [2.75, 3.05) is 26.3 Å². The molecular formula is C15H21NO5. The third kappa shape index (κ3) is 3.46. The Morgan fingerprint density at radius 3 is 2.29 bits per heavy atom. The second kappa shape index (κ2) is 6.78. The summed E-state index contributed by atoms with van der Waals surface area (Å²) in [6, 6.07) is 4.99. The van der Waals surface area contributed by atoms with Crippen molar-refractivity contribution in [2.24, 2.45) is 0 Å². The molecule has 1 aromatic rings. The predicted octanol–water partition coefficient (Wildman–Crippen LogP) is 0.662. The number of hydrogen-bond acceptors (Lipinski definition) is 5. The number of rotatable bonds is 5. The molecule has 0 aromatic heterocycles. The quantitative estimate of drug-likeness (QED) is 0.834. The summed E-state index contributed by atoms with van der Waals surface area (Å²) >= 11 is 0. The Bertz CT molecular complexity index is 495. The molecule has 0 aliphatic carbocycles. The van der Waals surface area contributed by atoms with E-state index in [1.165, 1.54) is 4.90 Å². The van der Waals surface area contributed by atoms with Gasteiger partial charge in [0.15, 0.2) is 11.5 Å². The van der Waals surface area contributed by atoms with Crippen molar-refractivity contribution >= 4 is 5.91 Å². The van der Waals surface area contributed by atoms with Crippen LogP contribution in [0.5, 0.6) is 11.5 Å². The van der Waals surface area contributed by atoms with Crippen LogP contribution < -0.4 is 9.47 Å². The molecule has 21 heavy (non-hydrogen) atoms. The van der Waals surface area contributed by atoms with Gasteiger partial charge < -0.3 is 24.6 Å². The molecule has 2 atom stereocenters. The Labute approximate surface area is 123 Å². The number of carbonyl (C=O) groups is 1. The van der Waals surface area contributed by atoms with Gasteiger partial charge >= 0.3 is 0 Å². The highest BCUT2D eigenvalue weighted by atomic mass is 16.5. The summed E-state index contributed by atoms with van der Waals surface area (Å²) in [6.45, 7) is 4.99. The number of benzene rings is 1. The SMILES string of the molecule is CCOc1ccc(C(=O)N2CC(O)C(O)C2)cc1OCC. The third-order valence-electron chi connectivity index (χ3n) is 3.34. The molecule has 0 spiro atoms. The molecule has 1 heterocycles. The van der Waals surface area contributed by atoms with Gasteiger partial charge in [0, 0.05) is 18.7 Å². The first-order valence-electron chi connectivity index (χ1n) is 7.11. The standard InChI is InChI=1S/C15H21NO5/c1-3-20-13-6-5-10(7-14(13)21-4-2)15(19)16-8-11(17)12(18)9-16/h5-7,11-12,17-18H,3-4,8-9H2,1-2H3. The lowest BCUT2D eigenvalue weighted by atomic mass is 10.1. The number of nitrogens with zero attached hydrogens (tertiary/aromatic N) is 1. The van der Waals surface area contributed by atoms with Crippen LogP contribution in [-0.4, -0.2) is 59.5 Å². The highest BCUT2D eigenvalue weighted by molar-refractivity contribution is 5.95. The zero-order valence-electron chi connectivity index (χ0n) is 12.3. The minimum absolute atomic E-state index is 0.136. The second-order valence-corrected chi connectivity index (χ2v) is 4.87. The maximum absolute atomic E-state index is 12.4. The zero-order chi connectivity index (χ0) is 15.4. The third-order valence-corrected chi connectivity index (χ3v) is 3.34. The van der Waals surface area contributed by atoms with E-state index >= 15 is 0 Å². The average Bonchev–Trinajstić information content (AvgIpc) is 2.80. The normalized spacial score (nSPS) is 21.4. The molecule has 1 saturated heterocycles. The van der Waals surface area contributed by atoms with Crippen LogP contribution in [0.15, 0.2) is 18.2 Å². The minimum atomic E-state index is -0.886. The van der Waals surface area contributed by atoms with Crippen molar-refractivity contribution in [3.05, 3.63) is 23.8 Å². The van der Waals surface area contributed by atoms with Crippen molar-refractivity contribution in [1.82, 2.24) is 4.90 Å². The first kappa shape index (κ1) is 15.6. The maximum Gasteiger partial charge on any atom is 0.254 e. The van der Waals surface area contributed by atoms with Crippen LogP contribution in [0.1, 0.15) is 24.2 Å². The molecule has 6 nitrogen and oxygen atoms in total. The molecule has 0 saturated carbocycles. The van der Waals surface area contributed by atoms with E-state index in [2.05, 4.69) is 0 Å². The van der Waals surface area contributed by atoms with Gasteiger partial charge in [0.05, 0.1) is 25.4 Å². The molecule has 2 rings (SSSR count). The van der Waals surface area contributed by atoms with Crippen molar-refractivity contribution < 1.29 is 24.5 Å². The van der Waals surface area contributed by atoms with Gasteiger partial charge in [0.1, 0.15) is 0 Å². The lowest BCUT2D eigenvalue weighted by Gasteiger charge is -2.17. The van der Waals surface area contributed by atoms with E-state index in [1.807, 2.05) is 13.8 Å². The van der Waals surface area contributed by atoms with E-state index in [9.17, 15) is 15.0 Å². The van der Waals surface area contributed by atoms with Crippen LogP contribution in [0, 0.1) is 0 Å². The Balaban J connectivity index is 2.19. The second-order valence-electron chi connectivity index (χ2n) is 4.87. The Morgan fingerprint density at radius 1 is 1.14 bits per heavy atom. The summed E-state index contributed by atoms with van der Waals surface area (Å²) in [6.07, 6.45) is -1.77. The average molecular weight is 295 g/mol. The smallest absolute Gasteiger partial charge is 0.254 e. The van der Waals surface area contributed by atoms with Crippen LogP contribution >= 0.6 is 0 Å². The fourth-order valence-corrected chi connectivity index (χ4v) is 2.30. The molecule has 1 aromatic carbocycles. The van der Waals surface area contributed by atoms with E-state index in [0.717, 1.165) is 0 Å². The molecule has 1 aliphatic rings. The highest BCUT2D eigenvalue weighted by Gasteiger charge is 2.33. The molecule has 1 aliphatic heterocycles. The van der Waals surface area contributed by atoms with Crippen LogP contribution in [0.4, 0.5) is 0 Å². The maximum atomic E-state index is 12.4. The van der Waals surface area contributed by atoms with Gasteiger partial charge in [-0.2, -0.15) is 0 Å². The number of likely N-dealkylation sites (tertiary alicyclic amines) is 1. The van der Waals surface area contributed by atoms with Crippen LogP contribution in [0.25, 0.3) is 0 Å². The lowest BCUT2D eigenvalue weighted by molar-refractivity contribution is 0.0572. The van der Waals surface area contributed by atoms with Gasteiger partial charge in [-0.15, -0.1) is 0 Å². The summed E-state index contributed by atoms with van der Waals surface area (Å²) in [5, 5.41) is 19.1. The molecule has 2 unspecified atom stereocenters. The van der Waals surface area contributed by atoms with E-state index in [1.54, 1.807) is 18.2 Å². The summed E-state index contributed by atoms with van der Waals surface area (Å²) < 4.78 is 10.9. The van der Waals surface area contributed by atoms with Gasteiger partial charge in [-0.1, -0.05) is 0 Å². The van der Waals surface area contributed by atoms with Crippen LogP contribution in [-0.2, 0) is 0 Å². The Hall–Kier alpha value is -1.79.